The summed E-state index contributed by atoms with van der Waals surface area (Å²) in [7, 11) is -7.99. The van der Waals surface area contributed by atoms with Crippen LogP contribution in [-0.2, 0) is 29.6 Å². The quantitative estimate of drug-likeness (QED) is 0.464. The first-order valence-electron chi connectivity index (χ1n) is 11.4. The number of aryl methyl sites for hydroxylation is 1. The van der Waals surface area contributed by atoms with Crippen molar-refractivity contribution in [2.24, 2.45) is 0 Å². The molecule has 1 aliphatic heterocycles. The zero-order valence-corrected chi connectivity index (χ0v) is 21.6. The zero-order valence-electron chi connectivity index (χ0n) is 20.0. The van der Waals surface area contributed by atoms with Gasteiger partial charge in [0.2, 0.25) is 15.9 Å². The van der Waals surface area contributed by atoms with E-state index in [1.54, 1.807) is 19.1 Å². The Kier molecular flexibility index (Phi) is 7.93. The standard InChI is InChI=1S/C25H26FN3O6S2/c1-19-6-10-22(11-7-19)37(33,34)29(24-5-3-2-4-23(24)26)18-25(30)27-20-8-12-21(13-9-20)36(31,32)28-14-16-35-17-15-28/h2-13H,14-18H2,1H3,(H,27,30). The van der Waals surface area contributed by atoms with Crippen molar-refractivity contribution in [2.75, 3.05) is 42.5 Å². The van der Waals surface area contributed by atoms with Crippen LogP contribution >= 0.6 is 0 Å². The molecule has 1 amide bonds. The predicted octanol–water partition coefficient (Wildman–Crippen LogP) is 2.99. The van der Waals surface area contributed by atoms with Crippen LogP contribution in [0.3, 0.4) is 0 Å². The fourth-order valence-electron chi connectivity index (χ4n) is 3.77. The average Bonchev–Trinajstić information content (AvgIpc) is 2.89. The van der Waals surface area contributed by atoms with Crippen LogP contribution in [-0.4, -0.2) is 59.9 Å². The molecule has 1 aliphatic rings. The molecule has 0 unspecified atom stereocenters. The van der Waals surface area contributed by atoms with Gasteiger partial charge in [-0.25, -0.2) is 21.2 Å². The van der Waals surface area contributed by atoms with E-state index in [0.29, 0.717) is 17.5 Å². The van der Waals surface area contributed by atoms with Crippen molar-refractivity contribution in [1.29, 1.82) is 0 Å². The van der Waals surface area contributed by atoms with Gasteiger partial charge in [0, 0.05) is 18.8 Å². The van der Waals surface area contributed by atoms with E-state index in [0.717, 1.165) is 11.6 Å². The van der Waals surface area contributed by atoms with Crippen molar-refractivity contribution >= 4 is 37.3 Å². The number of ether oxygens (including phenoxy) is 1. The summed E-state index contributed by atoms with van der Waals surface area (Å²) in [6.07, 6.45) is 0. The number of carbonyl (C=O) groups is 1. The maximum absolute atomic E-state index is 14.6. The lowest BCUT2D eigenvalue weighted by atomic mass is 10.2. The first-order valence-corrected chi connectivity index (χ1v) is 14.3. The van der Waals surface area contributed by atoms with Crippen molar-refractivity contribution in [3.63, 3.8) is 0 Å². The molecule has 1 saturated heterocycles. The van der Waals surface area contributed by atoms with Crippen LogP contribution < -0.4 is 9.62 Å². The minimum absolute atomic E-state index is 0.0577. The van der Waals surface area contributed by atoms with Crippen molar-refractivity contribution in [1.82, 2.24) is 4.31 Å². The Balaban J connectivity index is 1.55. The maximum Gasteiger partial charge on any atom is 0.264 e. The van der Waals surface area contributed by atoms with Gasteiger partial charge in [-0.15, -0.1) is 0 Å². The molecule has 1 N–H and O–H groups in total. The molecule has 12 heteroatoms. The van der Waals surface area contributed by atoms with Crippen LogP contribution in [0.25, 0.3) is 0 Å². The van der Waals surface area contributed by atoms with Crippen molar-refractivity contribution in [3.8, 4) is 0 Å². The third-order valence-corrected chi connectivity index (χ3v) is 9.45. The summed E-state index contributed by atoms with van der Waals surface area (Å²) in [5.74, 6) is -1.54. The van der Waals surface area contributed by atoms with Gasteiger partial charge < -0.3 is 10.1 Å². The van der Waals surface area contributed by atoms with Crippen LogP contribution in [0.15, 0.2) is 82.6 Å². The van der Waals surface area contributed by atoms with Crippen LogP contribution in [0.2, 0.25) is 0 Å². The number of halogens is 1. The Morgan fingerprint density at radius 1 is 0.919 bits per heavy atom. The first kappa shape index (κ1) is 26.7. The van der Waals surface area contributed by atoms with E-state index in [9.17, 15) is 26.0 Å². The van der Waals surface area contributed by atoms with Gasteiger partial charge in [0.05, 0.1) is 28.7 Å². The highest BCUT2D eigenvalue weighted by molar-refractivity contribution is 7.92. The Hall–Kier alpha value is -3.32. The molecule has 196 valence electrons. The second-order valence-corrected chi connectivity index (χ2v) is 12.2. The molecule has 4 rings (SSSR count). The second kappa shape index (κ2) is 11.0. The molecule has 37 heavy (non-hydrogen) atoms. The lowest BCUT2D eigenvalue weighted by Crippen LogP contribution is -2.40. The van der Waals surface area contributed by atoms with E-state index in [4.69, 9.17) is 4.74 Å². The van der Waals surface area contributed by atoms with E-state index >= 15 is 0 Å². The summed E-state index contributed by atoms with van der Waals surface area (Å²) < 4.78 is 74.2. The van der Waals surface area contributed by atoms with E-state index < -0.39 is 38.3 Å². The minimum Gasteiger partial charge on any atom is -0.379 e. The second-order valence-electron chi connectivity index (χ2n) is 8.37. The summed E-state index contributed by atoms with van der Waals surface area (Å²) in [6.45, 7) is 2.24. The number of amides is 1. The Morgan fingerprint density at radius 2 is 1.51 bits per heavy atom. The molecule has 0 spiro atoms. The molecular weight excluding hydrogens is 521 g/mol. The lowest BCUT2D eigenvalue weighted by molar-refractivity contribution is -0.114. The van der Waals surface area contributed by atoms with Gasteiger partial charge in [0.15, 0.2) is 0 Å². The number of anilines is 2. The predicted molar refractivity (Wildman–Crippen MR) is 137 cm³/mol. The third kappa shape index (κ3) is 5.99. The summed E-state index contributed by atoms with van der Waals surface area (Å²) >= 11 is 0. The molecule has 3 aromatic carbocycles. The number of rotatable bonds is 8. The summed E-state index contributed by atoms with van der Waals surface area (Å²) in [5, 5.41) is 2.56. The Labute approximate surface area is 215 Å². The number of benzene rings is 3. The van der Waals surface area contributed by atoms with Gasteiger partial charge in [0.25, 0.3) is 10.0 Å². The normalized spacial score (nSPS) is 14.8. The molecule has 3 aromatic rings. The van der Waals surface area contributed by atoms with Crippen LogP contribution in [0, 0.1) is 12.7 Å². The average molecular weight is 548 g/mol. The smallest absolute Gasteiger partial charge is 0.264 e. The fourth-order valence-corrected chi connectivity index (χ4v) is 6.60. The van der Waals surface area contributed by atoms with E-state index in [2.05, 4.69) is 5.32 Å². The molecule has 0 bridgehead atoms. The number of nitrogens with one attached hydrogen (secondary N) is 1. The first-order chi connectivity index (χ1) is 17.6. The van der Waals surface area contributed by atoms with Gasteiger partial charge in [-0.2, -0.15) is 4.31 Å². The topological polar surface area (TPSA) is 113 Å². The Morgan fingerprint density at radius 3 is 2.14 bits per heavy atom. The Bertz CT molecular complexity index is 1470. The number of carbonyl (C=O) groups excluding carboxylic acids is 1. The highest BCUT2D eigenvalue weighted by Gasteiger charge is 2.30. The lowest BCUT2D eigenvalue weighted by Gasteiger charge is -2.26. The SMILES string of the molecule is Cc1ccc(S(=O)(=O)N(CC(=O)Nc2ccc(S(=O)(=O)N3CCOCC3)cc2)c2ccccc2F)cc1. The number of morpholine rings is 1. The van der Waals surface area contributed by atoms with E-state index in [1.807, 2.05) is 0 Å². The number of para-hydroxylation sites is 1. The number of sulfonamides is 2. The third-order valence-electron chi connectivity index (χ3n) is 5.76. The van der Waals surface area contributed by atoms with Gasteiger partial charge >= 0.3 is 0 Å². The largest absolute Gasteiger partial charge is 0.379 e. The molecular formula is C25H26FN3O6S2. The number of hydrogen-bond donors (Lipinski definition) is 1. The maximum atomic E-state index is 14.6. The van der Waals surface area contributed by atoms with Crippen LogP contribution in [0.4, 0.5) is 15.8 Å². The molecule has 0 radical (unpaired) electrons. The summed E-state index contributed by atoms with van der Waals surface area (Å²) in [5.41, 5.74) is 0.825. The zero-order chi connectivity index (χ0) is 26.6. The number of nitrogens with zero attached hydrogens (tertiary/aromatic N) is 2. The molecule has 0 aliphatic carbocycles. The van der Waals surface area contributed by atoms with Gasteiger partial charge in [-0.3, -0.25) is 9.10 Å². The summed E-state index contributed by atoms with van der Waals surface area (Å²) in [6, 6.07) is 16.8. The van der Waals surface area contributed by atoms with Crippen molar-refractivity contribution < 1.29 is 30.8 Å². The van der Waals surface area contributed by atoms with E-state index in [1.165, 1.54) is 58.9 Å². The van der Waals surface area contributed by atoms with Gasteiger partial charge in [0.1, 0.15) is 12.4 Å². The van der Waals surface area contributed by atoms with Crippen LogP contribution in [0.1, 0.15) is 5.56 Å². The molecule has 1 heterocycles. The van der Waals surface area contributed by atoms with E-state index in [-0.39, 0.29) is 34.3 Å². The fraction of sp³-hybridized carbons (Fsp3) is 0.240. The number of hydrogen-bond acceptors (Lipinski definition) is 6. The molecule has 0 atom stereocenters. The van der Waals surface area contributed by atoms with Gasteiger partial charge in [-0.05, 0) is 55.5 Å². The minimum atomic E-state index is -4.28. The molecule has 0 saturated carbocycles. The highest BCUT2D eigenvalue weighted by Crippen LogP contribution is 2.27. The summed E-state index contributed by atoms with van der Waals surface area (Å²) in [4.78, 5) is 12.9. The van der Waals surface area contributed by atoms with Crippen molar-refractivity contribution in [3.05, 3.63) is 84.2 Å². The van der Waals surface area contributed by atoms with Crippen molar-refractivity contribution in [2.45, 2.75) is 16.7 Å². The van der Waals surface area contributed by atoms with Crippen LogP contribution in [0.5, 0.6) is 0 Å². The molecule has 1 fully saturated rings. The van der Waals surface area contributed by atoms with Gasteiger partial charge in [-0.1, -0.05) is 29.8 Å². The monoisotopic (exact) mass is 547 g/mol. The highest BCUT2D eigenvalue weighted by atomic mass is 32.2. The molecule has 9 nitrogen and oxygen atoms in total. The molecule has 0 aromatic heterocycles.